The number of para-hydroxylation sites is 3. The maximum absolute atomic E-state index is 11.7. The molecule has 0 unspecified atom stereocenters. The number of aromatic nitrogens is 3. The second-order valence-electron chi connectivity index (χ2n) is 16.0. The van der Waals surface area contributed by atoms with Crippen molar-refractivity contribution in [1.82, 2.24) is 14.5 Å². The fourth-order valence-corrected chi connectivity index (χ4v) is 8.93. The third-order valence-electron chi connectivity index (χ3n) is 12.5. The summed E-state index contributed by atoms with van der Waals surface area (Å²) in [6.45, 7) is 9.14. The van der Waals surface area contributed by atoms with Gasteiger partial charge in [-0.25, -0.2) is 9.97 Å². The smallest absolute Gasteiger partial charge is 0.145 e. The molecule has 1 N–H and O–H groups in total. The van der Waals surface area contributed by atoms with Crippen molar-refractivity contribution in [3.63, 3.8) is 0 Å². The molecule has 56 heavy (non-hydrogen) atoms. The van der Waals surface area contributed by atoms with Crippen LogP contribution >= 0.6 is 0 Å². The van der Waals surface area contributed by atoms with Crippen molar-refractivity contribution in [2.45, 2.75) is 38.5 Å². The van der Waals surface area contributed by atoms with Gasteiger partial charge in [-0.15, -0.1) is 0 Å². The van der Waals surface area contributed by atoms with Gasteiger partial charge in [0.2, 0.25) is 0 Å². The molecule has 6 aromatic carbocycles. The molecule has 11 rings (SSSR count). The van der Waals surface area contributed by atoms with Gasteiger partial charge in [0.05, 0.1) is 11.4 Å². The number of pyridine rings is 1. The topological polar surface area (TPSA) is 77.2 Å². The number of aromatic hydroxyl groups is 1. The Morgan fingerprint density at radius 2 is 1.14 bits per heavy atom. The molecule has 4 heterocycles. The molecule has 0 amide bonds. The van der Waals surface area contributed by atoms with Crippen LogP contribution in [0.25, 0.3) is 94.7 Å². The highest BCUT2D eigenvalue weighted by Crippen LogP contribution is 2.58. The highest BCUT2D eigenvalue weighted by atomic mass is 16.3. The Kier molecular flexibility index (Phi) is 6.70. The van der Waals surface area contributed by atoms with E-state index in [-0.39, 0.29) is 16.6 Å². The minimum atomic E-state index is -0.380. The van der Waals surface area contributed by atoms with Crippen LogP contribution < -0.4 is 0 Å². The van der Waals surface area contributed by atoms with Gasteiger partial charge in [-0.1, -0.05) is 100 Å². The van der Waals surface area contributed by atoms with Crippen LogP contribution in [0.1, 0.15) is 38.8 Å². The molecule has 0 aliphatic heterocycles. The molecule has 270 valence electrons. The predicted octanol–water partition coefficient (Wildman–Crippen LogP) is 13.0. The molecule has 0 bridgehead atoms. The number of rotatable bonds is 4. The number of benzene rings is 6. The molecule has 0 radical (unpaired) electrons. The molecule has 6 nitrogen and oxygen atoms in total. The van der Waals surface area contributed by atoms with Crippen LogP contribution in [-0.4, -0.2) is 19.6 Å². The van der Waals surface area contributed by atoms with Crippen LogP contribution in [0.5, 0.6) is 5.75 Å². The first kappa shape index (κ1) is 32.5. The Bertz CT molecular complexity index is 3220. The monoisotopic (exact) mass is 727 g/mol. The van der Waals surface area contributed by atoms with Crippen molar-refractivity contribution in [2.24, 2.45) is 0 Å². The zero-order valence-corrected chi connectivity index (χ0v) is 31.5. The number of hydrogen-bond donors (Lipinski definition) is 1. The quantitative estimate of drug-likeness (QED) is 0.195. The summed E-state index contributed by atoms with van der Waals surface area (Å²) in [5, 5.41) is 15.9. The van der Waals surface area contributed by atoms with E-state index in [0.717, 1.165) is 100 Å². The molecule has 10 aromatic rings. The standard InChI is InChI=1S/C50H37N3O3/c1-49(2)37-17-12-18-40(54)45(37)47-46(50(49,3)4)34(29-21-23-43-35(25-29)32-15-8-10-19-41(32)55-43)27-38(51-47)39-28-53(31-13-6-5-7-14-31)48(52-39)30-22-24-44-36(26-30)33-16-9-11-20-42(33)56-44/h5-28,54H,1-4H3. The number of phenols is 1. The molecule has 0 spiro atoms. The first-order valence-corrected chi connectivity index (χ1v) is 19.0. The molecule has 0 saturated heterocycles. The van der Waals surface area contributed by atoms with Gasteiger partial charge < -0.3 is 13.9 Å². The van der Waals surface area contributed by atoms with Gasteiger partial charge in [0.15, 0.2) is 0 Å². The average Bonchev–Trinajstić information content (AvgIpc) is 3.93. The Hall–Kier alpha value is -6.92. The first-order valence-electron chi connectivity index (χ1n) is 19.0. The van der Waals surface area contributed by atoms with Crippen LogP contribution in [0.4, 0.5) is 0 Å². The molecular weight excluding hydrogens is 691 g/mol. The number of fused-ring (bicyclic) bond motifs is 9. The Morgan fingerprint density at radius 1 is 0.536 bits per heavy atom. The van der Waals surface area contributed by atoms with Crippen LogP contribution in [0.15, 0.2) is 155 Å². The minimum Gasteiger partial charge on any atom is -0.507 e. The third kappa shape index (κ3) is 4.56. The number of nitrogens with zero attached hydrogens (tertiary/aromatic N) is 3. The summed E-state index contributed by atoms with van der Waals surface area (Å²) in [5.41, 5.74) is 11.8. The van der Waals surface area contributed by atoms with Crippen molar-refractivity contribution in [1.29, 1.82) is 0 Å². The lowest BCUT2D eigenvalue weighted by molar-refractivity contribution is 0.297. The molecule has 1 aliphatic carbocycles. The fourth-order valence-electron chi connectivity index (χ4n) is 8.93. The van der Waals surface area contributed by atoms with E-state index in [0.29, 0.717) is 5.69 Å². The van der Waals surface area contributed by atoms with Crippen molar-refractivity contribution in [3.8, 4) is 56.6 Å². The van der Waals surface area contributed by atoms with E-state index in [1.807, 2.05) is 60.7 Å². The SMILES string of the molecule is CC1(C)c2cccc(O)c2-c2nc(-c3cn(-c4ccccc4)c(-c4ccc5oc6ccccc6c5c4)n3)cc(-c3ccc4oc5ccccc5c4c3)c2C1(C)C. The first-order chi connectivity index (χ1) is 27.2. The van der Waals surface area contributed by atoms with Crippen LogP contribution in [0, 0.1) is 0 Å². The van der Waals surface area contributed by atoms with E-state index in [2.05, 4.69) is 111 Å². The lowest BCUT2D eigenvalue weighted by atomic mass is 9.55. The van der Waals surface area contributed by atoms with Gasteiger partial charge in [0, 0.05) is 50.0 Å². The summed E-state index contributed by atoms with van der Waals surface area (Å²) in [7, 11) is 0. The van der Waals surface area contributed by atoms with Crippen LogP contribution in [-0.2, 0) is 10.8 Å². The predicted molar refractivity (Wildman–Crippen MR) is 225 cm³/mol. The summed E-state index contributed by atoms with van der Waals surface area (Å²) < 4.78 is 14.6. The largest absolute Gasteiger partial charge is 0.507 e. The maximum Gasteiger partial charge on any atom is 0.145 e. The van der Waals surface area contributed by atoms with E-state index in [1.165, 1.54) is 0 Å². The Morgan fingerprint density at radius 3 is 1.84 bits per heavy atom. The summed E-state index contributed by atoms with van der Waals surface area (Å²) in [6.07, 6.45) is 2.08. The van der Waals surface area contributed by atoms with Crippen molar-refractivity contribution in [3.05, 3.63) is 157 Å². The van der Waals surface area contributed by atoms with Gasteiger partial charge in [0.25, 0.3) is 0 Å². The van der Waals surface area contributed by atoms with E-state index in [9.17, 15) is 5.11 Å². The average molecular weight is 728 g/mol. The lowest BCUT2D eigenvalue weighted by Crippen LogP contribution is -2.44. The number of furan rings is 2. The van der Waals surface area contributed by atoms with E-state index in [1.54, 1.807) is 6.07 Å². The van der Waals surface area contributed by atoms with Gasteiger partial charge >= 0.3 is 0 Å². The normalized spacial score (nSPS) is 14.4. The highest BCUT2D eigenvalue weighted by Gasteiger charge is 2.49. The second kappa shape index (κ2) is 11.5. The van der Waals surface area contributed by atoms with Crippen molar-refractivity contribution < 1.29 is 13.9 Å². The van der Waals surface area contributed by atoms with Crippen molar-refractivity contribution >= 4 is 43.9 Å². The molecule has 0 saturated carbocycles. The Balaban J connectivity index is 1.20. The number of imidazole rings is 1. The summed E-state index contributed by atoms with van der Waals surface area (Å²) in [4.78, 5) is 10.9. The third-order valence-corrected chi connectivity index (χ3v) is 12.5. The van der Waals surface area contributed by atoms with E-state index >= 15 is 0 Å². The van der Waals surface area contributed by atoms with E-state index < -0.39 is 0 Å². The molecule has 0 fully saturated rings. The van der Waals surface area contributed by atoms with E-state index in [4.69, 9.17) is 18.8 Å². The fraction of sp³-hybridized carbons (Fsp3) is 0.120. The summed E-state index contributed by atoms with van der Waals surface area (Å²) in [6, 6.07) is 47.4. The Labute approximate surface area is 323 Å². The molecular formula is C50H37N3O3. The summed E-state index contributed by atoms with van der Waals surface area (Å²) >= 11 is 0. The van der Waals surface area contributed by atoms with Crippen LogP contribution in [0.2, 0.25) is 0 Å². The van der Waals surface area contributed by atoms with Gasteiger partial charge in [0.1, 0.15) is 39.6 Å². The molecule has 0 atom stereocenters. The van der Waals surface area contributed by atoms with Gasteiger partial charge in [-0.2, -0.15) is 0 Å². The molecule has 6 heteroatoms. The lowest BCUT2D eigenvalue weighted by Gasteiger charge is -2.48. The zero-order valence-electron chi connectivity index (χ0n) is 31.5. The molecule has 4 aromatic heterocycles. The number of phenolic OH excluding ortho intramolecular Hbond substituents is 1. The number of hydrogen-bond acceptors (Lipinski definition) is 5. The van der Waals surface area contributed by atoms with Gasteiger partial charge in [-0.05, 0) is 94.4 Å². The van der Waals surface area contributed by atoms with Crippen molar-refractivity contribution in [2.75, 3.05) is 0 Å². The summed E-state index contributed by atoms with van der Waals surface area (Å²) in [5.74, 6) is 1.01. The minimum absolute atomic E-state index is 0.218. The van der Waals surface area contributed by atoms with Gasteiger partial charge in [-0.3, -0.25) is 4.57 Å². The molecule has 1 aliphatic rings. The zero-order chi connectivity index (χ0) is 37.9. The second-order valence-corrected chi connectivity index (χ2v) is 16.0. The maximum atomic E-state index is 11.7. The highest BCUT2D eigenvalue weighted by molar-refractivity contribution is 6.07. The van der Waals surface area contributed by atoms with Crippen LogP contribution in [0.3, 0.4) is 0 Å².